The van der Waals surface area contributed by atoms with E-state index < -0.39 is 115 Å². The van der Waals surface area contributed by atoms with Crippen molar-refractivity contribution in [1.82, 2.24) is 15.1 Å². The van der Waals surface area contributed by atoms with Crippen LogP contribution in [0.1, 0.15) is 91.4 Å². The van der Waals surface area contributed by atoms with Crippen LogP contribution in [-0.4, -0.2) is 147 Å². The van der Waals surface area contributed by atoms with Gasteiger partial charge in [0.2, 0.25) is 5.91 Å². The SMILES string of the molecule is CC(C)OC(=O)c1cc(-c2nn(C)c(C(F)(F)F)c2Br)c(F)cc1Cl.CC1COc2ccccc2N1C(=O)C(Cl)Cl.CCc1cccc(C)c1N(C(=O)CCl)C(C)COC.CS(=O)(=O)c1ccc(C(=O)C2C(=O)CCCC2=O)c([N+](=O)[O-])c1.O=C(O)CNCP(=O)(O)O. The molecule has 1 aliphatic carbocycles. The van der Waals surface area contributed by atoms with Crippen molar-refractivity contribution >= 4 is 138 Å². The van der Waals surface area contributed by atoms with Gasteiger partial charge in [-0.3, -0.25) is 53.4 Å². The fraction of sp³-hybridized carbons (Fsp3) is 0.414. The number of aryl methyl sites for hydroxylation is 3. The van der Waals surface area contributed by atoms with E-state index in [1.807, 2.05) is 57.2 Å². The number of sulfone groups is 1. The molecule has 4 aromatic carbocycles. The van der Waals surface area contributed by atoms with Crippen LogP contribution in [0.15, 0.2) is 82.2 Å². The highest BCUT2D eigenvalue weighted by molar-refractivity contribution is 9.10. The molecule has 4 N–H and O–H groups in total. The molecule has 2 atom stereocenters. The number of anilines is 2. The minimum absolute atomic E-state index is 0.0223. The largest absolute Gasteiger partial charge is 0.489 e. The minimum atomic E-state index is -4.69. The number of para-hydroxylation sites is 3. The first-order valence-electron chi connectivity index (χ1n) is 27.5. The summed E-state index contributed by atoms with van der Waals surface area (Å²) in [4.78, 5) is 111. The lowest BCUT2D eigenvalue weighted by atomic mass is 9.81. The van der Waals surface area contributed by atoms with Crippen LogP contribution >= 0.6 is 69.9 Å². The van der Waals surface area contributed by atoms with Gasteiger partial charge in [-0.15, -0.1) is 11.6 Å². The number of benzene rings is 4. The Kier molecular flexibility index (Phi) is 31.2. The zero-order valence-corrected chi connectivity index (χ0v) is 57.5. The quantitative estimate of drug-likeness (QED) is 0.00925. The fourth-order valence-corrected chi connectivity index (χ4v) is 11.4. The molecule has 1 saturated carbocycles. The van der Waals surface area contributed by atoms with Gasteiger partial charge in [-0.25, -0.2) is 17.6 Å². The lowest BCUT2D eigenvalue weighted by molar-refractivity contribution is -0.385. The summed E-state index contributed by atoms with van der Waals surface area (Å²) < 4.78 is 102. The molecule has 1 fully saturated rings. The maximum Gasteiger partial charge on any atom is 0.434 e. The number of aliphatic carboxylic acids is 1. The molecule has 5 aromatic rings. The number of nitrogens with zero attached hydrogens (tertiary/aromatic N) is 5. The van der Waals surface area contributed by atoms with Crippen molar-refractivity contribution in [2.75, 3.05) is 55.1 Å². The van der Waals surface area contributed by atoms with Crippen molar-refractivity contribution in [1.29, 1.82) is 0 Å². The summed E-state index contributed by atoms with van der Waals surface area (Å²) in [5.74, 6) is -6.23. The van der Waals surface area contributed by atoms with E-state index in [1.54, 1.807) is 30.8 Å². The number of carbonyl (C=O) groups is 7. The van der Waals surface area contributed by atoms with Gasteiger partial charge < -0.3 is 38.9 Å². The number of ether oxygens (including phenoxy) is 3. The highest BCUT2D eigenvalue weighted by atomic mass is 79.9. The van der Waals surface area contributed by atoms with E-state index in [-0.39, 0.29) is 69.4 Å². The molecule has 1 aromatic heterocycles. The first-order chi connectivity index (χ1) is 43.1. The Morgan fingerprint density at radius 1 is 1.00 bits per heavy atom. The number of Topliss-reactive ketones (excluding diaryl/α,β-unsaturated/α-hetero) is 3. The van der Waals surface area contributed by atoms with Gasteiger partial charge in [0.25, 0.3) is 11.6 Å². The minimum Gasteiger partial charge on any atom is -0.489 e. The Morgan fingerprint density at radius 3 is 2.12 bits per heavy atom. The summed E-state index contributed by atoms with van der Waals surface area (Å²) >= 11 is 25.7. The van der Waals surface area contributed by atoms with Gasteiger partial charge >= 0.3 is 25.7 Å². The average Bonchev–Trinajstić information content (AvgIpc) is 1.75. The topological polar surface area (TPSA) is 339 Å². The number of alkyl halides is 6. The molecule has 2 amide bonds. The van der Waals surface area contributed by atoms with Crippen LogP contribution in [0.25, 0.3) is 11.3 Å². The lowest BCUT2D eigenvalue weighted by Crippen LogP contribution is -2.47. The van der Waals surface area contributed by atoms with E-state index >= 15 is 0 Å². The van der Waals surface area contributed by atoms with Crippen LogP contribution < -0.4 is 19.9 Å². The second-order valence-electron chi connectivity index (χ2n) is 20.6. The molecule has 2 heterocycles. The number of esters is 1. The van der Waals surface area contributed by atoms with Crippen molar-refractivity contribution in [3.63, 3.8) is 0 Å². The Bertz CT molecular complexity index is 3710. The number of aromatic nitrogens is 2. The van der Waals surface area contributed by atoms with Crippen LogP contribution in [0.4, 0.5) is 34.6 Å². The molecule has 93 heavy (non-hydrogen) atoms. The molecule has 1 aliphatic heterocycles. The maximum absolute atomic E-state index is 14.3. The van der Waals surface area contributed by atoms with E-state index in [4.69, 9.17) is 75.5 Å². The second-order valence-corrected chi connectivity index (χ2v) is 26.8. The number of ketones is 3. The van der Waals surface area contributed by atoms with Gasteiger partial charge in [-0.1, -0.05) is 72.1 Å². The molecule has 0 spiro atoms. The molecule has 0 radical (unpaired) electrons. The van der Waals surface area contributed by atoms with Crippen molar-refractivity contribution in [3.05, 3.63) is 126 Å². The average molecular weight is 1500 g/mol. The smallest absolute Gasteiger partial charge is 0.434 e. The number of hydrogen-bond acceptors (Lipinski definition) is 17. The summed E-state index contributed by atoms with van der Waals surface area (Å²) in [6, 6.07) is 18.0. The number of carboxylic acids is 1. The second kappa shape index (κ2) is 35.9. The molecule has 35 heteroatoms. The monoisotopic (exact) mass is 1490 g/mol. The van der Waals surface area contributed by atoms with Crippen molar-refractivity contribution in [2.45, 2.75) is 101 Å². The highest BCUT2D eigenvalue weighted by Gasteiger charge is 2.41. The number of carboxylic acid groups (broad SMARTS) is 1. The van der Waals surface area contributed by atoms with E-state index in [0.717, 1.165) is 72.6 Å². The Morgan fingerprint density at radius 2 is 1.61 bits per heavy atom. The van der Waals surface area contributed by atoms with Crippen LogP contribution in [0, 0.1) is 28.8 Å². The van der Waals surface area contributed by atoms with Crippen LogP contribution in [0.2, 0.25) is 5.02 Å². The maximum atomic E-state index is 14.3. The third kappa shape index (κ3) is 23.2. The van der Waals surface area contributed by atoms with Gasteiger partial charge in [-0.05, 0) is 111 Å². The lowest BCUT2D eigenvalue weighted by Gasteiger charge is -2.35. The van der Waals surface area contributed by atoms with E-state index in [1.165, 1.54) is 0 Å². The zero-order valence-electron chi connectivity index (χ0n) is 51.1. The van der Waals surface area contributed by atoms with Gasteiger partial charge in [0, 0.05) is 44.9 Å². The summed E-state index contributed by atoms with van der Waals surface area (Å²) in [6.07, 6.45) is -3.49. The number of halogens is 9. The van der Waals surface area contributed by atoms with Crippen molar-refractivity contribution < 1.29 is 98.1 Å². The van der Waals surface area contributed by atoms with Crippen LogP contribution in [-0.2, 0) is 67.5 Å². The molecule has 7 rings (SSSR count). The molecule has 2 aliphatic rings. The van der Waals surface area contributed by atoms with Crippen LogP contribution in [0.3, 0.4) is 0 Å². The Hall–Kier alpha value is -6.44. The van der Waals surface area contributed by atoms with E-state index in [9.17, 15) is 74.2 Å². The number of methoxy groups -OCH3 is 1. The first kappa shape index (κ1) is 80.8. The third-order valence-corrected chi connectivity index (χ3v) is 16.4. The Labute approximate surface area is 560 Å². The number of fused-ring (bicyclic) bond motifs is 1. The molecule has 0 saturated heterocycles. The summed E-state index contributed by atoms with van der Waals surface area (Å²) in [5.41, 5.74) is 0.904. The summed E-state index contributed by atoms with van der Waals surface area (Å²) in [7, 11) is -5.07. The number of nitro groups is 1. The predicted molar refractivity (Wildman–Crippen MR) is 342 cm³/mol. The zero-order chi connectivity index (χ0) is 70.8. The highest BCUT2D eigenvalue weighted by Crippen LogP contribution is 2.42. The molecule has 2 unspecified atom stereocenters. The number of nitro benzene ring substituents is 1. The van der Waals surface area contributed by atoms with E-state index in [2.05, 4.69) is 39.3 Å². The summed E-state index contributed by atoms with van der Waals surface area (Å²) in [6.45, 7) is 11.7. The van der Waals surface area contributed by atoms with Gasteiger partial charge in [0.1, 0.15) is 35.7 Å². The molecule has 510 valence electrons. The first-order valence-corrected chi connectivity index (χ1v) is 33.8. The van der Waals surface area contributed by atoms with E-state index in [0.29, 0.717) is 30.1 Å². The molecular formula is C58H66BrCl4F4N6O18PS. The normalized spacial score (nSPS) is 14.3. The fourth-order valence-electron chi connectivity index (χ4n) is 8.97. The number of hydrogen-bond donors (Lipinski definition) is 4. The summed E-state index contributed by atoms with van der Waals surface area (Å²) in [5, 5.41) is 24.7. The van der Waals surface area contributed by atoms with Gasteiger partial charge in [0.05, 0.1) is 79.4 Å². The number of rotatable bonds is 18. The number of nitrogens with one attached hydrogen (secondary N) is 1. The molecule has 24 nitrogen and oxygen atoms in total. The molecule has 0 bridgehead atoms. The number of carbonyl (C=O) groups excluding carboxylic acids is 6. The van der Waals surface area contributed by atoms with Gasteiger partial charge in [-0.2, -0.15) is 18.3 Å². The third-order valence-electron chi connectivity index (χ3n) is 13.0. The number of amides is 2. The van der Waals surface area contributed by atoms with Gasteiger partial charge in [0.15, 0.2) is 37.7 Å². The van der Waals surface area contributed by atoms with Crippen LogP contribution in [0.5, 0.6) is 5.75 Å². The van der Waals surface area contributed by atoms with Crippen molar-refractivity contribution in [2.24, 2.45) is 13.0 Å². The predicted octanol–water partition coefficient (Wildman–Crippen LogP) is 10.9. The Balaban J connectivity index is 0.000000311. The van der Waals surface area contributed by atoms with Crippen molar-refractivity contribution in [3.8, 4) is 17.0 Å². The molecular weight excluding hydrogens is 1430 g/mol. The standard InChI is InChI=1S/C15H12BrClF4N2O2.C15H22ClNO2.C14H13NO7S.C11H11Cl2NO2.C3H8NO5P/c1-6(2)25-14(24)7-4-8(10(18)5-9(7)17)12-11(16)13(15(19,20)21)23(3)22-12;1-5-13-8-6-7-11(2)15(13)17(14(18)9-16)12(3)10-19-4;1-23(21,22)8-5-6-9(10(7-8)15(19)20)14(18)13-11(16)3-2-4-12(13)17;1-7-6-16-9-5-3-2-4-8(9)14(7)11(15)10(12)13;5-3(6)1-4-2-10(7,8)9/h4-6H,1-3H3;6-8,12H,5,9-10H2,1-4H3;5-7,13H,2-4H2,1H3;2-5,7,10H,6H2,1H3;4H,1-2H2,(H,5,6)(H2,7,8,9).